The van der Waals surface area contributed by atoms with E-state index in [1.165, 1.54) is 11.1 Å². The SMILES string of the molecule is C#CCN1CC[C@H]2c3c(cccc3C(N)=O)CC[C@H]21. The van der Waals surface area contributed by atoms with E-state index >= 15 is 0 Å². The van der Waals surface area contributed by atoms with E-state index in [0.717, 1.165) is 25.8 Å². The van der Waals surface area contributed by atoms with Crippen LogP contribution in [0.4, 0.5) is 0 Å². The van der Waals surface area contributed by atoms with Crippen LogP contribution in [0.25, 0.3) is 0 Å². The van der Waals surface area contributed by atoms with E-state index < -0.39 is 0 Å². The quantitative estimate of drug-likeness (QED) is 0.813. The second kappa shape index (κ2) is 4.71. The molecule has 98 valence electrons. The minimum absolute atomic E-state index is 0.312. The van der Waals surface area contributed by atoms with Gasteiger partial charge in [-0.25, -0.2) is 0 Å². The lowest BCUT2D eigenvalue weighted by molar-refractivity contribution is 0.0998. The van der Waals surface area contributed by atoms with Crippen LogP contribution in [0.1, 0.15) is 40.2 Å². The van der Waals surface area contributed by atoms with Gasteiger partial charge in [0.05, 0.1) is 6.54 Å². The van der Waals surface area contributed by atoms with Crippen molar-refractivity contribution < 1.29 is 4.79 Å². The monoisotopic (exact) mass is 254 g/mol. The lowest BCUT2D eigenvalue weighted by atomic mass is 9.77. The fraction of sp³-hybridized carbons (Fsp3) is 0.438. The van der Waals surface area contributed by atoms with Crippen molar-refractivity contribution in [3.05, 3.63) is 34.9 Å². The van der Waals surface area contributed by atoms with E-state index in [1.807, 2.05) is 12.1 Å². The molecular formula is C16H18N2O. The zero-order valence-corrected chi connectivity index (χ0v) is 10.9. The molecule has 1 aromatic rings. The van der Waals surface area contributed by atoms with Crippen molar-refractivity contribution in [3.8, 4) is 12.3 Å². The molecule has 3 rings (SSSR count). The molecule has 1 aliphatic carbocycles. The van der Waals surface area contributed by atoms with Gasteiger partial charge in [-0.1, -0.05) is 18.1 Å². The Labute approximate surface area is 113 Å². The van der Waals surface area contributed by atoms with Gasteiger partial charge in [0, 0.05) is 24.1 Å². The molecule has 0 unspecified atom stereocenters. The Morgan fingerprint density at radius 2 is 2.32 bits per heavy atom. The maximum Gasteiger partial charge on any atom is 0.248 e. The van der Waals surface area contributed by atoms with Gasteiger partial charge in [0.2, 0.25) is 5.91 Å². The lowest BCUT2D eigenvalue weighted by Gasteiger charge is -2.33. The molecule has 3 heteroatoms. The van der Waals surface area contributed by atoms with Crippen molar-refractivity contribution in [2.24, 2.45) is 5.73 Å². The average Bonchev–Trinajstić information content (AvgIpc) is 2.82. The number of benzene rings is 1. The maximum atomic E-state index is 11.6. The zero-order valence-electron chi connectivity index (χ0n) is 10.9. The summed E-state index contributed by atoms with van der Waals surface area (Å²) >= 11 is 0. The average molecular weight is 254 g/mol. The van der Waals surface area contributed by atoms with Crippen molar-refractivity contribution in [3.63, 3.8) is 0 Å². The number of rotatable bonds is 2. The third-order valence-electron chi connectivity index (χ3n) is 4.50. The van der Waals surface area contributed by atoms with E-state index in [9.17, 15) is 4.79 Å². The molecule has 1 heterocycles. The summed E-state index contributed by atoms with van der Waals surface area (Å²) in [6.07, 6.45) is 8.65. The molecule has 0 radical (unpaired) electrons. The largest absolute Gasteiger partial charge is 0.366 e. The summed E-state index contributed by atoms with van der Waals surface area (Å²) in [6.45, 7) is 1.72. The van der Waals surface area contributed by atoms with E-state index in [2.05, 4.69) is 16.9 Å². The van der Waals surface area contributed by atoms with Crippen LogP contribution in [0.3, 0.4) is 0 Å². The highest BCUT2D eigenvalue weighted by atomic mass is 16.1. The van der Waals surface area contributed by atoms with Gasteiger partial charge >= 0.3 is 0 Å². The van der Waals surface area contributed by atoms with Gasteiger partial charge in [-0.15, -0.1) is 6.42 Å². The molecule has 0 saturated carbocycles. The normalized spacial score (nSPS) is 25.4. The Morgan fingerprint density at radius 3 is 3.05 bits per heavy atom. The van der Waals surface area contributed by atoms with E-state index in [-0.39, 0.29) is 5.91 Å². The molecule has 1 fully saturated rings. The Kier molecular flexibility index (Phi) is 3.04. The van der Waals surface area contributed by atoms with Crippen LogP contribution in [-0.4, -0.2) is 29.9 Å². The van der Waals surface area contributed by atoms with Crippen LogP contribution in [0.5, 0.6) is 0 Å². The first kappa shape index (κ1) is 12.3. The smallest absolute Gasteiger partial charge is 0.248 e. The van der Waals surface area contributed by atoms with Gasteiger partial charge in [-0.2, -0.15) is 0 Å². The maximum absolute atomic E-state index is 11.6. The molecule has 2 aliphatic rings. The summed E-state index contributed by atoms with van der Waals surface area (Å²) in [5, 5.41) is 0. The molecule has 0 spiro atoms. The van der Waals surface area contributed by atoms with Gasteiger partial charge in [0.1, 0.15) is 0 Å². The van der Waals surface area contributed by atoms with Crippen molar-refractivity contribution in [2.45, 2.75) is 31.2 Å². The molecule has 1 amide bonds. The summed E-state index contributed by atoms with van der Waals surface area (Å²) in [5.74, 6) is 2.84. The molecule has 19 heavy (non-hydrogen) atoms. The number of nitrogens with two attached hydrogens (primary N) is 1. The fourth-order valence-electron chi connectivity index (χ4n) is 3.74. The second-order valence-corrected chi connectivity index (χ2v) is 5.42. The highest BCUT2D eigenvalue weighted by molar-refractivity contribution is 5.95. The molecule has 2 atom stereocenters. The molecular weight excluding hydrogens is 236 g/mol. The highest BCUT2D eigenvalue weighted by Crippen LogP contribution is 2.42. The summed E-state index contributed by atoms with van der Waals surface area (Å²) in [7, 11) is 0. The zero-order chi connectivity index (χ0) is 13.4. The van der Waals surface area contributed by atoms with Gasteiger partial charge in [-0.05, 0) is 36.5 Å². The number of amides is 1. The molecule has 3 nitrogen and oxygen atoms in total. The van der Waals surface area contributed by atoms with Gasteiger partial charge < -0.3 is 5.73 Å². The number of terminal acetylenes is 1. The van der Waals surface area contributed by atoms with E-state index in [4.69, 9.17) is 12.2 Å². The number of fused-ring (bicyclic) bond motifs is 3. The molecule has 0 bridgehead atoms. The van der Waals surface area contributed by atoms with Crippen molar-refractivity contribution in [1.29, 1.82) is 0 Å². The lowest BCUT2D eigenvalue weighted by Crippen LogP contribution is -2.36. The molecule has 1 saturated heterocycles. The van der Waals surface area contributed by atoms with Crippen LogP contribution >= 0.6 is 0 Å². The minimum Gasteiger partial charge on any atom is -0.366 e. The molecule has 0 aromatic heterocycles. The summed E-state index contributed by atoms with van der Waals surface area (Å²) in [6, 6.07) is 6.40. The van der Waals surface area contributed by atoms with Gasteiger partial charge in [0.25, 0.3) is 0 Å². The summed E-state index contributed by atoms with van der Waals surface area (Å²) in [5.41, 5.74) is 8.71. The standard InChI is InChI=1S/C16H18N2O/c1-2-9-18-10-8-12-14(18)7-6-11-4-3-5-13(15(11)12)16(17)19/h1,3-5,12,14H,6-10H2,(H2,17,19)/t12-,14-/m1/s1. The van der Waals surface area contributed by atoms with Crippen LogP contribution in [0.2, 0.25) is 0 Å². The van der Waals surface area contributed by atoms with Crippen LogP contribution < -0.4 is 5.73 Å². The summed E-state index contributed by atoms with van der Waals surface area (Å²) in [4.78, 5) is 14.0. The molecule has 1 aliphatic heterocycles. The first-order valence-electron chi connectivity index (χ1n) is 6.81. The number of hydrogen-bond donors (Lipinski definition) is 1. The number of likely N-dealkylation sites (tertiary alicyclic amines) is 1. The van der Waals surface area contributed by atoms with Gasteiger partial charge in [-0.3, -0.25) is 9.69 Å². The number of carbonyl (C=O) groups excluding carboxylic acids is 1. The van der Waals surface area contributed by atoms with Crippen molar-refractivity contribution in [1.82, 2.24) is 4.90 Å². The Hall–Kier alpha value is -1.79. The topological polar surface area (TPSA) is 46.3 Å². The number of hydrogen-bond acceptors (Lipinski definition) is 2. The second-order valence-electron chi connectivity index (χ2n) is 5.42. The highest BCUT2D eigenvalue weighted by Gasteiger charge is 2.39. The number of carbonyl (C=O) groups is 1. The Balaban J connectivity index is 2.02. The third-order valence-corrected chi connectivity index (χ3v) is 4.50. The third kappa shape index (κ3) is 1.93. The molecule has 2 N–H and O–H groups in total. The van der Waals surface area contributed by atoms with Crippen molar-refractivity contribution in [2.75, 3.05) is 13.1 Å². The van der Waals surface area contributed by atoms with Crippen LogP contribution in [0.15, 0.2) is 18.2 Å². The van der Waals surface area contributed by atoms with E-state index in [0.29, 0.717) is 24.1 Å². The predicted octanol–water partition coefficient (Wildman–Crippen LogP) is 1.52. The number of nitrogens with zero attached hydrogens (tertiary/aromatic N) is 1. The first-order valence-corrected chi connectivity index (χ1v) is 6.81. The predicted molar refractivity (Wildman–Crippen MR) is 74.8 cm³/mol. The van der Waals surface area contributed by atoms with Gasteiger partial charge in [0.15, 0.2) is 0 Å². The Bertz CT molecular complexity index is 558. The minimum atomic E-state index is -0.312. The molecule has 1 aromatic carbocycles. The van der Waals surface area contributed by atoms with E-state index in [1.54, 1.807) is 0 Å². The fourth-order valence-corrected chi connectivity index (χ4v) is 3.74. The van der Waals surface area contributed by atoms with Crippen LogP contribution in [-0.2, 0) is 6.42 Å². The number of aryl methyl sites for hydroxylation is 1. The van der Waals surface area contributed by atoms with Crippen molar-refractivity contribution >= 4 is 5.91 Å². The Morgan fingerprint density at radius 1 is 1.47 bits per heavy atom. The summed E-state index contributed by atoms with van der Waals surface area (Å²) < 4.78 is 0. The number of primary amides is 1. The first-order chi connectivity index (χ1) is 9.22. The van der Waals surface area contributed by atoms with Crippen LogP contribution in [0, 0.1) is 12.3 Å².